The number of benzene rings is 1. The van der Waals surface area contributed by atoms with Gasteiger partial charge in [0.05, 0.1) is 5.76 Å². The van der Waals surface area contributed by atoms with Gasteiger partial charge in [-0.25, -0.2) is 0 Å². The molecule has 0 saturated heterocycles. The highest BCUT2D eigenvalue weighted by Gasteiger charge is 2.16. The smallest absolute Gasteiger partial charge is 0.113 e. The van der Waals surface area contributed by atoms with Gasteiger partial charge in [-0.2, -0.15) is 0 Å². The highest BCUT2D eigenvalue weighted by molar-refractivity contribution is 5.14. The molecule has 0 amide bonds. The number of rotatable bonds is 9. The lowest BCUT2D eigenvalue weighted by Crippen LogP contribution is -2.04. The molecule has 0 radical (unpaired) electrons. The summed E-state index contributed by atoms with van der Waals surface area (Å²) in [6.07, 6.45) is 11.6. The molecule has 1 nitrogen and oxygen atoms in total. The molecule has 0 heterocycles. The summed E-state index contributed by atoms with van der Waals surface area (Å²) < 4.78 is 6.18. The van der Waals surface area contributed by atoms with E-state index in [1.807, 2.05) is 0 Å². The average Bonchev–Trinajstić information content (AvgIpc) is 3.08. The fourth-order valence-corrected chi connectivity index (χ4v) is 3.22. The summed E-state index contributed by atoms with van der Waals surface area (Å²) in [6, 6.07) is 10.5. The van der Waals surface area contributed by atoms with Crippen LogP contribution in [0, 0.1) is 17.8 Å². The largest absolute Gasteiger partial charge is 0.494 e. The second kappa shape index (κ2) is 9.80. The van der Waals surface area contributed by atoms with Gasteiger partial charge in [0.25, 0.3) is 0 Å². The van der Waals surface area contributed by atoms with Crippen LogP contribution in [0.5, 0.6) is 0 Å². The Morgan fingerprint density at radius 1 is 1.13 bits per heavy atom. The Morgan fingerprint density at radius 3 is 2.48 bits per heavy atom. The van der Waals surface area contributed by atoms with E-state index in [1.54, 1.807) is 0 Å². The van der Waals surface area contributed by atoms with E-state index in [4.69, 9.17) is 4.74 Å². The molecule has 1 heteroatoms. The zero-order chi connectivity index (χ0) is 16.5. The lowest BCUT2D eigenvalue weighted by atomic mass is 9.94. The fourth-order valence-electron chi connectivity index (χ4n) is 3.22. The van der Waals surface area contributed by atoms with Gasteiger partial charge in [-0.1, -0.05) is 76.8 Å². The predicted molar refractivity (Wildman–Crippen MR) is 99.1 cm³/mol. The zero-order valence-electron chi connectivity index (χ0n) is 15.3. The summed E-state index contributed by atoms with van der Waals surface area (Å²) >= 11 is 0. The van der Waals surface area contributed by atoms with Crippen LogP contribution in [0.4, 0.5) is 0 Å². The molecule has 0 aromatic heterocycles. The third kappa shape index (κ3) is 6.81. The van der Waals surface area contributed by atoms with Crippen molar-refractivity contribution in [1.82, 2.24) is 0 Å². The zero-order valence-corrected chi connectivity index (χ0v) is 15.3. The molecule has 1 aromatic carbocycles. The summed E-state index contributed by atoms with van der Waals surface area (Å²) in [6.45, 7) is 7.66. The molecule has 1 aliphatic rings. The third-order valence-corrected chi connectivity index (χ3v) is 5.40. The van der Waals surface area contributed by atoms with Gasteiger partial charge in [-0.15, -0.1) is 0 Å². The molecule has 23 heavy (non-hydrogen) atoms. The Kier molecular flexibility index (Phi) is 7.71. The van der Waals surface area contributed by atoms with Crippen molar-refractivity contribution in [3.05, 3.63) is 47.7 Å². The lowest BCUT2D eigenvalue weighted by Gasteiger charge is -2.16. The van der Waals surface area contributed by atoms with Crippen molar-refractivity contribution >= 4 is 0 Å². The van der Waals surface area contributed by atoms with Gasteiger partial charge in [-0.05, 0) is 42.2 Å². The van der Waals surface area contributed by atoms with E-state index in [1.165, 1.54) is 43.4 Å². The predicted octanol–water partition coefficient (Wildman–Crippen LogP) is 6.74. The maximum Gasteiger partial charge on any atom is 0.113 e. The van der Waals surface area contributed by atoms with Crippen molar-refractivity contribution in [2.24, 2.45) is 17.8 Å². The van der Waals surface area contributed by atoms with Gasteiger partial charge in [0.15, 0.2) is 0 Å². The first-order valence-corrected chi connectivity index (χ1v) is 9.51. The molecule has 0 spiro atoms. The minimum Gasteiger partial charge on any atom is -0.494 e. The molecule has 1 aliphatic carbocycles. The normalized spacial score (nSPS) is 17.7. The molecule has 0 N–H and O–H groups in total. The van der Waals surface area contributed by atoms with E-state index < -0.39 is 0 Å². The number of allylic oxidation sites excluding steroid dienone is 2. The topological polar surface area (TPSA) is 9.23 Å². The quantitative estimate of drug-likeness (QED) is 0.459. The molecule has 1 fully saturated rings. The Bertz CT molecular complexity index is 454. The van der Waals surface area contributed by atoms with Crippen LogP contribution >= 0.6 is 0 Å². The molecule has 1 aromatic rings. The van der Waals surface area contributed by atoms with Crippen molar-refractivity contribution in [1.29, 1.82) is 0 Å². The van der Waals surface area contributed by atoms with Crippen LogP contribution in [0.15, 0.2) is 42.2 Å². The number of ether oxygens (including phenoxy) is 1. The SMILES string of the molecule is CC(C)C(C)CC=C(CCC1CCCC1)OCc1ccccc1. The highest BCUT2D eigenvalue weighted by atomic mass is 16.5. The maximum absolute atomic E-state index is 6.18. The van der Waals surface area contributed by atoms with E-state index in [2.05, 4.69) is 57.2 Å². The van der Waals surface area contributed by atoms with Gasteiger partial charge in [0.2, 0.25) is 0 Å². The van der Waals surface area contributed by atoms with Crippen molar-refractivity contribution in [3.63, 3.8) is 0 Å². The Balaban J connectivity index is 1.87. The van der Waals surface area contributed by atoms with Crippen LogP contribution in [0.25, 0.3) is 0 Å². The lowest BCUT2D eigenvalue weighted by molar-refractivity contribution is 0.182. The minimum atomic E-state index is 0.702. The van der Waals surface area contributed by atoms with Crippen LogP contribution < -0.4 is 0 Å². The molecular formula is C22H34O. The van der Waals surface area contributed by atoms with Gasteiger partial charge in [0.1, 0.15) is 6.61 Å². The first kappa shape index (κ1) is 18.1. The van der Waals surface area contributed by atoms with Crippen molar-refractivity contribution in [3.8, 4) is 0 Å². The first-order chi connectivity index (χ1) is 11.1. The van der Waals surface area contributed by atoms with Crippen molar-refractivity contribution in [2.75, 3.05) is 0 Å². The Hall–Kier alpha value is -1.24. The molecule has 1 atom stereocenters. The molecule has 128 valence electrons. The summed E-state index contributed by atoms with van der Waals surface area (Å²) in [5.41, 5.74) is 1.26. The van der Waals surface area contributed by atoms with Crippen LogP contribution in [0.3, 0.4) is 0 Å². The number of hydrogen-bond acceptors (Lipinski definition) is 1. The second-order valence-corrected chi connectivity index (χ2v) is 7.59. The van der Waals surface area contributed by atoms with E-state index in [-0.39, 0.29) is 0 Å². The summed E-state index contributed by atoms with van der Waals surface area (Å²) in [5.74, 6) is 3.60. The van der Waals surface area contributed by atoms with E-state index in [0.29, 0.717) is 6.61 Å². The monoisotopic (exact) mass is 314 g/mol. The maximum atomic E-state index is 6.18. The summed E-state index contributed by atoms with van der Waals surface area (Å²) in [5, 5.41) is 0. The Morgan fingerprint density at radius 2 is 1.83 bits per heavy atom. The van der Waals surface area contributed by atoms with E-state index in [0.717, 1.165) is 30.6 Å². The first-order valence-electron chi connectivity index (χ1n) is 9.51. The molecule has 1 saturated carbocycles. The van der Waals surface area contributed by atoms with E-state index in [9.17, 15) is 0 Å². The van der Waals surface area contributed by atoms with Gasteiger partial charge < -0.3 is 4.74 Å². The van der Waals surface area contributed by atoms with Crippen LogP contribution in [0.2, 0.25) is 0 Å². The average molecular weight is 315 g/mol. The van der Waals surface area contributed by atoms with Crippen LogP contribution in [-0.4, -0.2) is 0 Å². The van der Waals surface area contributed by atoms with Gasteiger partial charge in [-0.3, -0.25) is 0 Å². The fraction of sp³-hybridized carbons (Fsp3) is 0.636. The highest BCUT2D eigenvalue weighted by Crippen LogP contribution is 2.30. The summed E-state index contributed by atoms with van der Waals surface area (Å²) in [7, 11) is 0. The van der Waals surface area contributed by atoms with Gasteiger partial charge >= 0.3 is 0 Å². The molecular weight excluding hydrogens is 280 g/mol. The Labute approximate surface area is 143 Å². The standard InChI is InChI=1S/C22H34O/c1-18(2)19(3)13-15-22(16-14-20-9-7-8-10-20)23-17-21-11-5-4-6-12-21/h4-6,11-12,15,18-20H,7-10,13-14,16-17H2,1-3H3. The molecule has 0 aliphatic heterocycles. The second-order valence-electron chi connectivity index (χ2n) is 7.59. The van der Waals surface area contributed by atoms with Gasteiger partial charge in [0, 0.05) is 6.42 Å². The van der Waals surface area contributed by atoms with Crippen molar-refractivity contribution in [2.45, 2.75) is 72.3 Å². The molecule has 0 bridgehead atoms. The molecule has 2 rings (SSSR count). The molecule has 1 unspecified atom stereocenters. The van der Waals surface area contributed by atoms with Crippen molar-refractivity contribution < 1.29 is 4.74 Å². The third-order valence-electron chi connectivity index (χ3n) is 5.40. The van der Waals surface area contributed by atoms with Crippen LogP contribution in [-0.2, 0) is 11.3 Å². The van der Waals surface area contributed by atoms with Crippen LogP contribution in [0.1, 0.15) is 71.3 Å². The summed E-state index contributed by atoms with van der Waals surface area (Å²) in [4.78, 5) is 0. The minimum absolute atomic E-state index is 0.702. The number of hydrogen-bond donors (Lipinski definition) is 0. The van der Waals surface area contributed by atoms with E-state index >= 15 is 0 Å².